The minimum atomic E-state index is -0.455. The Hall–Kier alpha value is -3.01. The van der Waals surface area contributed by atoms with Crippen LogP contribution in [0.15, 0.2) is 65.5 Å². The summed E-state index contributed by atoms with van der Waals surface area (Å²) in [5.74, 6) is -0.331. The molecule has 0 saturated heterocycles. The fraction of sp³-hybridized carbons (Fsp3) is 0.143. The van der Waals surface area contributed by atoms with Gasteiger partial charge in [-0.25, -0.2) is 4.39 Å². The highest BCUT2D eigenvalue weighted by atomic mass is 19.1. The van der Waals surface area contributed by atoms with E-state index in [1.165, 1.54) is 24.3 Å². The molecule has 1 aromatic heterocycles. The van der Waals surface area contributed by atoms with Crippen molar-refractivity contribution >= 4 is 16.7 Å². The first kappa shape index (κ1) is 15.5. The molecule has 1 fully saturated rings. The molecular weight excluding hydrogens is 317 g/mol. The number of pyridine rings is 1. The van der Waals surface area contributed by atoms with Gasteiger partial charge in [-0.15, -0.1) is 0 Å². The molecule has 4 heteroatoms. The minimum Gasteiger partial charge on any atom is -0.321 e. The van der Waals surface area contributed by atoms with Gasteiger partial charge in [-0.05, 0) is 48.6 Å². The Morgan fingerprint density at radius 1 is 1.12 bits per heavy atom. The van der Waals surface area contributed by atoms with Crippen LogP contribution in [0.2, 0.25) is 0 Å². The molecule has 0 bridgehead atoms. The summed E-state index contributed by atoms with van der Waals surface area (Å²) in [4.78, 5) is 28.0. The Bertz CT molecular complexity index is 1050. The molecule has 3 aromatic rings. The van der Waals surface area contributed by atoms with Gasteiger partial charge < -0.3 is 4.98 Å². The zero-order valence-corrected chi connectivity index (χ0v) is 13.5. The smallest absolute Gasteiger partial charge is 0.260 e. The number of aromatic amines is 1. The normalized spacial score (nSPS) is 14.3. The van der Waals surface area contributed by atoms with E-state index in [9.17, 15) is 14.0 Å². The van der Waals surface area contributed by atoms with Crippen LogP contribution >= 0.6 is 0 Å². The van der Waals surface area contributed by atoms with E-state index in [4.69, 9.17) is 0 Å². The second-order valence-electron chi connectivity index (χ2n) is 6.32. The van der Waals surface area contributed by atoms with E-state index < -0.39 is 11.4 Å². The summed E-state index contributed by atoms with van der Waals surface area (Å²) in [6, 6.07) is 13.3. The van der Waals surface area contributed by atoms with Crippen LogP contribution in [0.5, 0.6) is 0 Å². The van der Waals surface area contributed by atoms with Gasteiger partial charge >= 0.3 is 0 Å². The lowest BCUT2D eigenvalue weighted by molar-refractivity contribution is 0.104. The van der Waals surface area contributed by atoms with Crippen LogP contribution in [0, 0.1) is 11.7 Å². The first-order valence-electron chi connectivity index (χ1n) is 8.27. The summed E-state index contributed by atoms with van der Waals surface area (Å²) in [6.45, 7) is 0. The third kappa shape index (κ3) is 3.03. The van der Waals surface area contributed by atoms with Crippen molar-refractivity contribution in [2.45, 2.75) is 12.8 Å². The van der Waals surface area contributed by atoms with Crippen molar-refractivity contribution < 1.29 is 9.18 Å². The van der Waals surface area contributed by atoms with Crippen molar-refractivity contribution in [2.75, 3.05) is 0 Å². The molecular formula is C21H16FNO2. The van der Waals surface area contributed by atoms with Gasteiger partial charge in [0.1, 0.15) is 5.82 Å². The summed E-state index contributed by atoms with van der Waals surface area (Å²) in [5, 5.41) is 0.522. The van der Waals surface area contributed by atoms with Gasteiger partial charge in [-0.1, -0.05) is 36.4 Å². The highest BCUT2D eigenvalue weighted by Gasteiger charge is 2.21. The summed E-state index contributed by atoms with van der Waals surface area (Å²) in [5.41, 5.74) is 1.30. The third-order valence-electron chi connectivity index (χ3n) is 4.43. The van der Waals surface area contributed by atoms with Crippen molar-refractivity contribution in [2.24, 2.45) is 5.92 Å². The minimum absolute atomic E-state index is 0.0567. The lowest BCUT2D eigenvalue weighted by Crippen LogP contribution is -2.18. The van der Waals surface area contributed by atoms with Crippen molar-refractivity contribution in [1.29, 1.82) is 0 Å². The van der Waals surface area contributed by atoms with Crippen molar-refractivity contribution in [1.82, 2.24) is 4.98 Å². The largest absolute Gasteiger partial charge is 0.321 e. The monoisotopic (exact) mass is 333 g/mol. The van der Waals surface area contributed by atoms with Gasteiger partial charge in [0.15, 0.2) is 5.78 Å². The first-order valence-corrected chi connectivity index (χ1v) is 8.27. The summed E-state index contributed by atoms with van der Waals surface area (Å²) in [6.07, 6.45) is 5.48. The maximum atomic E-state index is 13.8. The number of nitrogens with one attached hydrogen (secondary N) is 1. The Labute approximate surface area is 143 Å². The SMILES string of the molecule is O=C(/C=C/C1CC1)c1c(-c2ccccc2)c2cc(F)ccc2[nH]c1=O. The van der Waals surface area contributed by atoms with Gasteiger partial charge in [0, 0.05) is 16.5 Å². The number of allylic oxidation sites excluding steroid dienone is 2. The predicted octanol–water partition coefficient (Wildman–Crippen LogP) is 4.48. The van der Waals surface area contributed by atoms with Crippen molar-refractivity contribution in [3.63, 3.8) is 0 Å². The maximum Gasteiger partial charge on any atom is 0.260 e. The molecule has 25 heavy (non-hydrogen) atoms. The fourth-order valence-electron chi connectivity index (χ4n) is 3.00. The predicted molar refractivity (Wildman–Crippen MR) is 96.2 cm³/mol. The van der Waals surface area contributed by atoms with E-state index in [1.807, 2.05) is 36.4 Å². The highest BCUT2D eigenvalue weighted by Crippen LogP contribution is 2.32. The molecule has 0 atom stereocenters. The van der Waals surface area contributed by atoms with Crippen LogP contribution < -0.4 is 5.56 Å². The van der Waals surface area contributed by atoms with Gasteiger partial charge in [-0.2, -0.15) is 0 Å². The Morgan fingerprint density at radius 2 is 1.88 bits per heavy atom. The molecule has 124 valence electrons. The lowest BCUT2D eigenvalue weighted by atomic mass is 9.94. The number of ketones is 1. The topological polar surface area (TPSA) is 49.9 Å². The van der Waals surface area contributed by atoms with Crippen molar-refractivity contribution in [3.8, 4) is 11.1 Å². The van der Waals surface area contributed by atoms with Crippen molar-refractivity contribution in [3.05, 3.63) is 82.4 Å². The molecule has 1 N–H and O–H groups in total. The third-order valence-corrected chi connectivity index (χ3v) is 4.43. The number of aromatic nitrogens is 1. The number of rotatable bonds is 4. The average molecular weight is 333 g/mol. The van der Waals surface area contributed by atoms with E-state index in [1.54, 1.807) is 0 Å². The fourth-order valence-corrected chi connectivity index (χ4v) is 3.00. The molecule has 0 amide bonds. The number of carbonyl (C=O) groups excluding carboxylic acids is 1. The molecule has 1 heterocycles. The number of hydrogen-bond donors (Lipinski definition) is 1. The summed E-state index contributed by atoms with van der Waals surface area (Å²) < 4.78 is 13.8. The number of carbonyl (C=O) groups is 1. The standard InChI is InChI=1S/C21H16FNO2/c22-15-9-10-17-16(12-15)19(14-4-2-1-3-5-14)20(21(25)23-17)18(24)11-8-13-6-7-13/h1-5,8-13H,6-7H2,(H,23,25)/b11-8+. The summed E-state index contributed by atoms with van der Waals surface area (Å²) in [7, 11) is 0. The Kier molecular flexibility index (Phi) is 3.80. The second-order valence-corrected chi connectivity index (χ2v) is 6.32. The lowest BCUT2D eigenvalue weighted by Gasteiger charge is -2.11. The number of fused-ring (bicyclic) bond motifs is 1. The van der Waals surface area contributed by atoms with Gasteiger partial charge in [-0.3, -0.25) is 9.59 Å². The molecule has 4 rings (SSSR count). The summed E-state index contributed by atoms with van der Waals surface area (Å²) >= 11 is 0. The zero-order chi connectivity index (χ0) is 17.4. The van der Waals surface area contributed by atoms with Crippen LogP contribution in [0.25, 0.3) is 22.0 Å². The molecule has 0 spiro atoms. The van der Waals surface area contributed by atoms with E-state index >= 15 is 0 Å². The van der Waals surface area contributed by atoms with E-state index in [0.717, 1.165) is 12.8 Å². The molecule has 0 unspecified atom stereocenters. The van der Waals surface area contributed by atoms with E-state index in [-0.39, 0.29) is 11.3 Å². The van der Waals surface area contributed by atoms with E-state index in [2.05, 4.69) is 4.98 Å². The number of hydrogen-bond acceptors (Lipinski definition) is 2. The number of H-pyrrole nitrogens is 1. The van der Waals surface area contributed by atoms with Crippen LogP contribution in [-0.2, 0) is 0 Å². The Balaban J connectivity index is 2.01. The Morgan fingerprint density at radius 3 is 2.60 bits per heavy atom. The van der Waals surface area contributed by atoms with Gasteiger partial charge in [0.05, 0.1) is 5.56 Å². The van der Waals surface area contributed by atoms with Crippen LogP contribution in [0.3, 0.4) is 0 Å². The van der Waals surface area contributed by atoms with Crippen LogP contribution in [-0.4, -0.2) is 10.8 Å². The number of halogens is 1. The maximum absolute atomic E-state index is 13.8. The zero-order valence-electron chi connectivity index (χ0n) is 13.5. The first-order chi connectivity index (χ1) is 12.1. The van der Waals surface area contributed by atoms with Crippen LogP contribution in [0.1, 0.15) is 23.2 Å². The average Bonchev–Trinajstić information content (AvgIpc) is 3.44. The molecule has 3 nitrogen and oxygen atoms in total. The molecule has 0 aliphatic heterocycles. The van der Waals surface area contributed by atoms with Gasteiger partial charge in [0.2, 0.25) is 0 Å². The molecule has 2 aromatic carbocycles. The molecule has 1 saturated carbocycles. The second kappa shape index (κ2) is 6.13. The quantitative estimate of drug-likeness (QED) is 0.565. The molecule has 1 aliphatic carbocycles. The molecule has 1 aliphatic rings. The highest BCUT2D eigenvalue weighted by molar-refractivity contribution is 6.13. The van der Waals surface area contributed by atoms with Crippen LogP contribution in [0.4, 0.5) is 4.39 Å². The number of benzene rings is 2. The molecule has 0 radical (unpaired) electrons. The van der Waals surface area contributed by atoms with Gasteiger partial charge in [0.25, 0.3) is 5.56 Å². The van der Waals surface area contributed by atoms with E-state index in [0.29, 0.717) is 27.9 Å².